The third kappa shape index (κ3) is 7.40. The molecule has 0 spiro atoms. The Morgan fingerprint density at radius 3 is 2.52 bits per heavy atom. The summed E-state index contributed by atoms with van der Waals surface area (Å²) >= 11 is 0. The third-order valence-electron chi connectivity index (χ3n) is 5.13. The first kappa shape index (κ1) is 19.7. The van der Waals surface area contributed by atoms with E-state index in [-0.39, 0.29) is 0 Å². The Balaban J connectivity index is 1.64. The molecule has 0 atom stereocenters. The number of nitriles is 1. The molecule has 2 nitrogen and oxygen atoms in total. The van der Waals surface area contributed by atoms with Crippen LogP contribution in [0.15, 0.2) is 36.2 Å². The highest BCUT2D eigenvalue weighted by Crippen LogP contribution is 2.30. The van der Waals surface area contributed by atoms with Gasteiger partial charge in [-0.15, -0.1) is 0 Å². The van der Waals surface area contributed by atoms with Crippen molar-refractivity contribution in [2.24, 2.45) is 5.92 Å². The Bertz CT molecular complexity index is 565. The topological polar surface area (TPSA) is 33.0 Å². The standard InChI is InChI=1S/C22H30FNO/c1-2-3-5-18-8-10-20(11-9-18)17-25-22-14-12-19(13-15-22)6-4-7-21(23)16-24/h7-11,19,22H,2-6,12-15,17H2,1H3/b21-7-/t19-,22-. The largest absolute Gasteiger partial charge is 0.374 e. The normalized spacial score (nSPS) is 21.1. The van der Waals surface area contributed by atoms with Crippen molar-refractivity contribution in [3.05, 3.63) is 47.3 Å². The molecule has 0 radical (unpaired) electrons. The summed E-state index contributed by atoms with van der Waals surface area (Å²) in [6, 6.07) is 10.3. The van der Waals surface area contributed by atoms with E-state index in [1.165, 1.54) is 36.1 Å². The van der Waals surface area contributed by atoms with Crippen molar-refractivity contribution in [3.63, 3.8) is 0 Å². The lowest BCUT2D eigenvalue weighted by atomic mass is 9.84. The van der Waals surface area contributed by atoms with Gasteiger partial charge in [-0.2, -0.15) is 9.65 Å². The van der Waals surface area contributed by atoms with Crippen molar-refractivity contribution in [1.29, 1.82) is 5.26 Å². The third-order valence-corrected chi connectivity index (χ3v) is 5.13. The molecule has 0 amide bonds. The lowest BCUT2D eigenvalue weighted by Crippen LogP contribution is -2.21. The van der Waals surface area contributed by atoms with E-state index < -0.39 is 5.83 Å². The molecule has 0 aromatic heterocycles. The van der Waals surface area contributed by atoms with Crippen LogP contribution in [0.25, 0.3) is 0 Å². The maximum atomic E-state index is 12.8. The number of halogens is 1. The summed E-state index contributed by atoms with van der Waals surface area (Å²) in [4.78, 5) is 0. The number of aryl methyl sites for hydroxylation is 1. The van der Waals surface area contributed by atoms with Crippen LogP contribution in [0.5, 0.6) is 0 Å². The molecule has 2 rings (SSSR count). The van der Waals surface area contributed by atoms with Gasteiger partial charge in [-0.25, -0.2) is 0 Å². The molecule has 0 heterocycles. The van der Waals surface area contributed by atoms with Crippen molar-refractivity contribution in [3.8, 4) is 6.07 Å². The van der Waals surface area contributed by atoms with Gasteiger partial charge in [0.15, 0.2) is 5.83 Å². The predicted octanol–water partition coefficient (Wildman–Crippen LogP) is 6.26. The lowest BCUT2D eigenvalue weighted by molar-refractivity contribution is 0.00645. The number of hydrogen-bond donors (Lipinski definition) is 0. The SMILES string of the molecule is CCCCc1ccc(CO[C@H]2CC[C@H](CC/C=C(\F)C#N)CC2)cc1. The summed E-state index contributed by atoms with van der Waals surface area (Å²) < 4.78 is 18.9. The monoisotopic (exact) mass is 343 g/mol. The average Bonchev–Trinajstić information content (AvgIpc) is 2.66. The minimum absolute atomic E-state index is 0.349. The van der Waals surface area contributed by atoms with E-state index in [1.807, 2.05) is 0 Å². The number of hydrogen-bond acceptors (Lipinski definition) is 2. The minimum Gasteiger partial charge on any atom is -0.374 e. The zero-order valence-corrected chi connectivity index (χ0v) is 15.3. The van der Waals surface area contributed by atoms with E-state index >= 15 is 0 Å². The number of benzene rings is 1. The lowest BCUT2D eigenvalue weighted by Gasteiger charge is -2.28. The molecule has 0 unspecified atom stereocenters. The van der Waals surface area contributed by atoms with Crippen LogP contribution in [0.2, 0.25) is 0 Å². The molecule has 136 valence electrons. The molecule has 0 saturated heterocycles. The molecule has 0 bridgehead atoms. The number of allylic oxidation sites excluding steroid dienone is 2. The maximum absolute atomic E-state index is 12.8. The number of unbranched alkanes of at least 4 members (excludes halogenated alkanes) is 1. The summed E-state index contributed by atoms with van der Waals surface area (Å²) in [6.45, 7) is 2.91. The van der Waals surface area contributed by atoms with Gasteiger partial charge in [0, 0.05) is 0 Å². The van der Waals surface area contributed by atoms with E-state index in [1.54, 1.807) is 0 Å². The first-order valence-corrected chi connectivity index (χ1v) is 9.66. The van der Waals surface area contributed by atoms with E-state index in [9.17, 15) is 4.39 Å². The van der Waals surface area contributed by atoms with Crippen LogP contribution in [0.3, 0.4) is 0 Å². The molecular weight excluding hydrogens is 313 g/mol. The summed E-state index contributed by atoms with van der Waals surface area (Å²) in [5.41, 5.74) is 2.66. The van der Waals surface area contributed by atoms with Crippen molar-refractivity contribution < 1.29 is 9.13 Å². The van der Waals surface area contributed by atoms with Gasteiger partial charge in [-0.05, 0) is 74.5 Å². The van der Waals surface area contributed by atoms with Crippen LogP contribution in [0.1, 0.15) is 69.4 Å². The molecule has 25 heavy (non-hydrogen) atoms. The second kappa shape index (κ2) is 11.1. The van der Waals surface area contributed by atoms with E-state index in [0.717, 1.165) is 38.5 Å². The quantitative estimate of drug-likeness (QED) is 0.496. The van der Waals surface area contributed by atoms with E-state index in [0.29, 0.717) is 25.0 Å². The fourth-order valence-corrected chi connectivity index (χ4v) is 3.48. The van der Waals surface area contributed by atoms with Crippen LogP contribution in [-0.4, -0.2) is 6.10 Å². The van der Waals surface area contributed by atoms with Gasteiger partial charge < -0.3 is 4.74 Å². The second-order valence-electron chi connectivity index (χ2n) is 7.12. The molecule has 1 aliphatic rings. The fraction of sp³-hybridized carbons (Fsp3) is 0.591. The molecular formula is C22H30FNO. The van der Waals surface area contributed by atoms with E-state index in [2.05, 4.69) is 31.2 Å². The molecule has 0 aliphatic heterocycles. The molecule has 1 fully saturated rings. The zero-order chi connectivity index (χ0) is 17.9. The molecule has 1 aliphatic carbocycles. The van der Waals surface area contributed by atoms with Crippen molar-refractivity contribution in [2.45, 2.75) is 77.4 Å². The minimum atomic E-state index is -0.655. The smallest absolute Gasteiger partial charge is 0.196 e. The number of nitrogens with zero attached hydrogens (tertiary/aromatic N) is 1. The summed E-state index contributed by atoms with van der Waals surface area (Å²) in [5.74, 6) is -0.0156. The average molecular weight is 343 g/mol. The van der Waals surface area contributed by atoms with Gasteiger partial charge in [0.1, 0.15) is 6.07 Å². The predicted molar refractivity (Wildman–Crippen MR) is 99.6 cm³/mol. The van der Waals surface area contributed by atoms with Gasteiger partial charge in [0.2, 0.25) is 0 Å². The van der Waals surface area contributed by atoms with Gasteiger partial charge in [-0.1, -0.05) is 37.6 Å². The van der Waals surface area contributed by atoms with Gasteiger partial charge in [-0.3, -0.25) is 0 Å². The Labute approximate surface area is 151 Å². The van der Waals surface area contributed by atoms with Crippen LogP contribution in [0, 0.1) is 17.2 Å². The summed E-state index contributed by atoms with van der Waals surface area (Å²) in [7, 11) is 0. The van der Waals surface area contributed by atoms with Gasteiger partial charge >= 0.3 is 0 Å². The number of rotatable bonds is 9. The zero-order valence-electron chi connectivity index (χ0n) is 15.3. The van der Waals surface area contributed by atoms with Crippen molar-refractivity contribution in [1.82, 2.24) is 0 Å². The highest BCUT2D eigenvalue weighted by molar-refractivity contribution is 5.22. The van der Waals surface area contributed by atoms with Crippen LogP contribution in [-0.2, 0) is 17.8 Å². The molecule has 1 saturated carbocycles. The Hall–Kier alpha value is -1.66. The van der Waals surface area contributed by atoms with E-state index in [4.69, 9.17) is 10.00 Å². The first-order valence-electron chi connectivity index (χ1n) is 9.66. The Kier molecular flexibility index (Phi) is 8.69. The highest BCUT2D eigenvalue weighted by Gasteiger charge is 2.21. The molecule has 0 N–H and O–H groups in total. The molecule has 1 aromatic rings. The summed E-state index contributed by atoms with van der Waals surface area (Å²) in [6.07, 6.45) is 11.5. The fourth-order valence-electron chi connectivity index (χ4n) is 3.48. The maximum Gasteiger partial charge on any atom is 0.196 e. The first-order chi connectivity index (χ1) is 12.2. The van der Waals surface area contributed by atoms with Gasteiger partial charge in [0.05, 0.1) is 12.7 Å². The van der Waals surface area contributed by atoms with Crippen molar-refractivity contribution in [2.75, 3.05) is 0 Å². The summed E-state index contributed by atoms with van der Waals surface area (Å²) in [5, 5.41) is 8.40. The highest BCUT2D eigenvalue weighted by atomic mass is 19.1. The molecule has 1 aromatic carbocycles. The molecule has 3 heteroatoms. The van der Waals surface area contributed by atoms with Crippen LogP contribution < -0.4 is 0 Å². The van der Waals surface area contributed by atoms with Gasteiger partial charge in [0.25, 0.3) is 0 Å². The van der Waals surface area contributed by atoms with Crippen LogP contribution >= 0.6 is 0 Å². The van der Waals surface area contributed by atoms with Crippen LogP contribution in [0.4, 0.5) is 4.39 Å². The number of ether oxygens (including phenoxy) is 1. The second-order valence-corrected chi connectivity index (χ2v) is 7.12. The van der Waals surface area contributed by atoms with Crippen molar-refractivity contribution >= 4 is 0 Å². The Morgan fingerprint density at radius 1 is 1.20 bits per heavy atom. The Morgan fingerprint density at radius 2 is 1.88 bits per heavy atom.